The van der Waals surface area contributed by atoms with E-state index in [1.165, 1.54) is 0 Å². The first-order valence-electron chi connectivity index (χ1n) is 7.14. The Bertz CT molecular complexity index is 729. The van der Waals surface area contributed by atoms with Crippen LogP contribution in [0.2, 0.25) is 0 Å². The maximum absolute atomic E-state index is 12.2. The van der Waals surface area contributed by atoms with Crippen molar-refractivity contribution >= 4 is 17.3 Å². The lowest BCUT2D eigenvalue weighted by molar-refractivity contribution is 0.102. The van der Waals surface area contributed by atoms with Crippen LogP contribution < -0.4 is 11.1 Å². The molecule has 22 heavy (non-hydrogen) atoms. The van der Waals surface area contributed by atoms with Crippen molar-refractivity contribution < 1.29 is 4.79 Å². The highest BCUT2D eigenvalue weighted by Gasteiger charge is 2.08. The fourth-order valence-corrected chi connectivity index (χ4v) is 1.77. The molecule has 0 saturated carbocycles. The van der Waals surface area contributed by atoms with Gasteiger partial charge in [0.15, 0.2) is 0 Å². The molecular weight excluding hydrogens is 272 g/mol. The number of hydrogen-bond donors (Lipinski definition) is 2. The van der Waals surface area contributed by atoms with Gasteiger partial charge in [-0.05, 0) is 57.2 Å². The number of nitrogens with one attached hydrogen (secondary N) is 1. The number of nitrogen functional groups attached to an aromatic ring is 1. The molecular formula is C19H20N2O. The lowest BCUT2D eigenvalue weighted by Gasteiger charge is -2.08. The number of carbonyl (C=O) groups excluding carboxylic acids is 1. The zero-order valence-corrected chi connectivity index (χ0v) is 13.1. The molecule has 0 aliphatic rings. The molecule has 0 aromatic heterocycles. The van der Waals surface area contributed by atoms with E-state index in [0.717, 1.165) is 5.56 Å². The summed E-state index contributed by atoms with van der Waals surface area (Å²) < 4.78 is 0. The van der Waals surface area contributed by atoms with Crippen molar-refractivity contribution in [3.8, 4) is 11.8 Å². The number of anilines is 2. The molecule has 2 aromatic carbocycles. The van der Waals surface area contributed by atoms with Crippen molar-refractivity contribution in [2.24, 2.45) is 5.41 Å². The zero-order valence-electron chi connectivity index (χ0n) is 13.1. The number of benzene rings is 2. The van der Waals surface area contributed by atoms with E-state index in [2.05, 4.69) is 37.9 Å². The number of amides is 1. The Labute approximate surface area is 131 Å². The molecule has 2 rings (SSSR count). The maximum Gasteiger partial charge on any atom is 0.255 e. The van der Waals surface area contributed by atoms with E-state index < -0.39 is 0 Å². The van der Waals surface area contributed by atoms with E-state index in [-0.39, 0.29) is 11.3 Å². The predicted molar refractivity (Wildman–Crippen MR) is 91.6 cm³/mol. The van der Waals surface area contributed by atoms with Crippen LogP contribution in [-0.2, 0) is 0 Å². The topological polar surface area (TPSA) is 55.1 Å². The summed E-state index contributed by atoms with van der Waals surface area (Å²) in [6.07, 6.45) is 0. The first-order chi connectivity index (χ1) is 10.3. The van der Waals surface area contributed by atoms with E-state index in [4.69, 9.17) is 5.73 Å². The lowest BCUT2D eigenvalue weighted by Crippen LogP contribution is -2.13. The molecule has 3 heteroatoms. The molecule has 0 saturated heterocycles. The molecule has 3 N–H and O–H groups in total. The Balaban J connectivity index is 2.11. The second-order valence-corrected chi connectivity index (χ2v) is 6.12. The second-order valence-electron chi connectivity index (χ2n) is 6.12. The van der Waals surface area contributed by atoms with Gasteiger partial charge in [-0.25, -0.2) is 0 Å². The van der Waals surface area contributed by atoms with E-state index >= 15 is 0 Å². The molecule has 0 aliphatic heterocycles. The van der Waals surface area contributed by atoms with Gasteiger partial charge in [-0.2, -0.15) is 0 Å². The monoisotopic (exact) mass is 292 g/mol. The largest absolute Gasteiger partial charge is 0.397 e. The third-order valence-corrected chi connectivity index (χ3v) is 2.94. The Kier molecular flexibility index (Phi) is 4.53. The molecule has 0 aliphatic carbocycles. The molecule has 0 unspecified atom stereocenters. The Morgan fingerprint density at radius 3 is 2.27 bits per heavy atom. The Hall–Kier alpha value is -2.73. The summed E-state index contributed by atoms with van der Waals surface area (Å²) in [6.45, 7) is 6.18. The van der Waals surface area contributed by atoms with Crippen LogP contribution in [0.1, 0.15) is 36.7 Å². The molecule has 3 nitrogen and oxygen atoms in total. The molecule has 0 heterocycles. The van der Waals surface area contributed by atoms with Gasteiger partial charge in [-0.1, -0.05) is 24.0 Å². The first kappa shape index (κ1) is 15.7. The lowest BCUT2D eigenvalue weighted by atomic mass is 9.97. The van der Waals surface area contributed by atoms with E-state index in [1.54, 1.807) is 24.3 Å². The van der Waals surface area contributed by atoms with Gasteiger partial charge in [-0.15, -0.1) is 0 Å². The van der Waals surface area contributed by atoms with E-state index in [1.807, 2.05) is 24.3 Å². The smallest absolute Gasteiger partial charge is 0.255 e. The fraction of sp³-hybridized carbons (Fsp3) is 0.211. The van der Waals surface area contributed by atoms with Gasteiger partial charge < -0.3 is 11.1 Å². The van der Waals surface area contributed by atoms with Gasteiger partial charge >= 0.3 is 0 Å². The summed E-state index contributed by atoms with van der Waals surface area (Å²) >= 11 is 0. The summed E-state index contributed by atoms with van der Waals surface area (Å²) in [5.74, 6) is 6.09. The van der Waals surface area contributed by atoms with Gasteiger partial charge in [0.25, 0.3) is 5.91 Å². The van der Waals surface area contributed by atoms with Crippen molar-refractivity contribution in [3.63, 3.8) is 0 Å². The Morgan fingerprint density at radius 2 is 1.68 bits per heavy atom. The second kappa shape index (κ2) is 6.36. The molecule has 0 bridgehead atoms. The Morgan fingerprint density at radius 1 is 1.05 bits per heavy atom. The summed E-state index contributed by atoms with van der Waals surface area (Å²) in [4.78, 5) is 12.2. The molecule has 112 valence electrons. The van der Waals surface area contributed by atoms with Crippen molar-refractivity contribution in [2.75, 3.05) is 11.1 Å². The average molecular weight is 292 g/mol. The number of para-hydroxylation sites is 2. The normalized spacial score (nSPS) is 10.5. The van der Waals surface area contributed by atoms with Crippen molar-refractivity contribution in [2.45, 2.75) is 20.8 Å². The van der Waals surface area contributed by atoms with E-state index in [0.29, 0.717) is 16.9 Å². The minimum Gasteiger partial charge on any atom is -0.397 e. The average Bonchev–Trinajstić information content (AvgIpc) is 2.47. The van der Waals surface area contributed by atoms with Crippen LogP contribution in [0.4, 0.5) is 11.4 Å². The van der Waals surface area contributed by atoms with Gasteiger partial charge in [0.05, 0.1) is 11.4 Å². The quantitative estimate of drug-likeness (QED) is 0.651. The standard InChI is InChI=1S/C19H20N2O/c1-19(2,3)13-12-14-8-10-15(11-9-14)18(22)21-17-7-5-4-6-16(17)20/h4-11H,20H2,1-3H3,(H,21,22). The van der Waals surface area contributed by atoms with Crippen LogP contribution in [0.3, 0.4) is 0 Å². The number of rotatable bonds is 2. The van der Waals surface area contributed by atoms with Crippen LogP contribution in [-0.4, -0.2) is 5.91 Å². The van der Waals surface area contributed by atoms with Crippen molar-refractivity contribution in [3.05, 3.63) is 59.7 Å². The summed E-state index contributed by atoms with van der Waals surface area (Å²) in [7, 11) is 0. The van der Waals surface area contributed by atoms with Crippen LogP contribution in [0.15, 0.2) is 48.5 Å². The van der Waals surface area contributed by atoms with Crippen molar-refractivity contribution in [1.82, 2.24) is 0 Å². The maximum atomic E-state index is 12.2. The zero-order chi connectivity index (χ0) is 16.2. The van der Waals surface area contributed by atoms with Crippen LogP contribution >= 0.6 is 0 Å². The highest BCUT2D eigenvalue weighted by Crippen LogP contribution is 2.18. The molecule has 0 radical (unpaired) electrons. The van der Waals surface area contributed by atoms with Gasteiger partial charge in [0.2, 0.25) is 0 Å². The van der Waals surface area contributed by atoms with Crippen molar-refractivity contribution in [1.29, 1.82) is 0 Å². The minimum absolute atomic E-state index is 0.0408. The number of hydrogen-bond acceptors (Lipinski definition) is 2. The van der Waals surface area contributed by atoms with Gasteiger partial charge in [0.1, 0.15) is 0 Å². The highest BCUT2D eigenvalue weighted by atomic mass is 16.1. The number of carbonyl (C=O) groups is 1. The van der Waals surface area contributed by atoms with E-state index in [9.17, 15) is 4.79 Å². The minimum atomic E-state index is -0.187. The molecule has 2 aromatic rings. The SMILES string of the molecule is CC(C)(C)C#Cc1ccc(C(=O)Nc2ccccc2N)cc1. The summed E-state index contributed by atoms with van der Waals surface area (Å²) in [5.41, 5.74) is 8.41. The highest BCUT2D eigenvalue weighted by molar-refractivity contribution is 6.05. The first-order valence-corrected chi connectivity index (χ1v) is 7.14. The summed E-state index contributed by atoms with van der Waals surface area (Å²) in [6, 6.07) is 14.4. The molecule has 0 atom stereocenters. The summed E-state index contributed by atoms with van der Waals surface area (Å²) in [5, 5.41) is 2.80. The predicted octanol–water partition coefficient (Wildman–Crippen LogP) is 3.92. The van der Waals surface area contributed by atoms with Gasteiger partial charge in [-0.3, -0.25) is 4.79 Å². The van der Waals surface area contributed by atoms with Gasteiger partial charge in [0, 0.05) is 16.5 Å². The fourth-order valence-electron chi connectivity index (χ4n) is 1.77. The number of nitrogens with two attached hydrogens (primary N) is 1. The molecule has 0 fully saturated rings. The molecule has 0 spiro atoms. The molecule has 1 amide bonds. The third kappa shape index (κ3) is 4.39. The van der Waals surface area contributed by atoms with Crippen LogP contribution in [0, 0.1) is 17.3 Å². The van der Waals surface area contributed by atoms with Crippen LogP contribution in [0.5, 0.6) is 0 Å². The third-order valence-electron chi connectivity index (χ3n) is 2.94. The van der Waals surface area contributed by atoms with Crippen LogP contribution in [0.25, 0.3) is 0 Å².